The minimum atomic E-state index is -0.137. The number of para-hydroxylation sites is 1. The Bertz CT molecular complexity index is 985. The highest BCUT2D eigenvalue weighted by atomic mass is 16.5. The zero-order valence-electron chi connectivity index (χ0n) is 17.6. The third kappa shape index (κ3) is 6.17. The number of benzene rings is 3. The molecule has 160 valence electrons. The highest BCUT2D eigenvalue weighted by Gasteiger charge is 2.13. The van der Waals surface area contributed by atoms with Crippen molar-refractivity contribution < 1.29 is 14.3 Å². The van der Waals surface area contributed by atoms with E-state index in [1.54, 1.807) is 6.07 Å². The lowest BCUT2D eigenvalue weighted by atomic mass is 10.1. The Balaban J connectivity index is 1.35. The SMILES string of the molecule is O=C(NCc1cccc(CN2CCOCC2)c1)c1ccccc1OCc1ccccc1. The molecule has 1 N–H and O–H groups in total. The van der Waals surface area contributed by atoms with E-state index in [9.17, 15) is 4.79 Å². The average molecular weight is 417 g/mol. The number of carbonyl (C=O) groups is 1. The summed E-state index contributed by atoms with van der Waals surface area (Å²) in [4.78, 5) is 15.2. The van der Waals surface area contributed by atoms with Crippen LogP contribution in [-0.2, 0) is 24.4 Å². The molecular formula is C26H28N2O3. The first-order valence-electron chi connectivity index (χ1n) is 10.7. The Kier molecular flexibility index (Phi) is 7.32. The standard InChI is InChI=1S/C26H28N2O3/c29-26(24-11-4-5-12-25(24)31-20-21-7-2-1-3-8-21)27-18-22-9-6-10-23(17-22)19-28-13-15-30-16-14-28/h1-12,17H,13-16,18-20H2,(H,27,29). The Morgan fingerprint density at radius 1 is 0.871 bits per heavy atom. The van der Waals surface area contributed by atoms with Crippen LogP contribution in [0.15, 0.2) is 78.9 Å². The van der Waals surface area contributed by atoms with Crippen molar-refractivity contribution in [3.63, 3.8) is 0 Å². The zero-order valence-corrected chi connectivity index (χ0v) is 17.6. The molecular weight excluding hydrogens is 388 g/mol. The predicted molar refractivity (Wildman–Crippen MR) is 121 cm³/mol. The van der Waals surface area contributed by atoms with Gasteiger partial charge in [0.05, 0.1) is 18.8 Å². The van der Waals surface area contributed by atoms with Gasteiger partial charge in [-0.25, -0.2) is 0 Å². The van der Waals surface area contributed by atoms with Gasteiger partial charge in [0.1, 0.15) is 12.4 Å². The summed E-state index contributed by atoms with van der Waals surface area (Å²) >= 11 is 0. The van der Waals surface area contributed by atoms with Gasteiger partial charge in [-0.1, -0.05) is 66.7 Å². The van der Waals surface area contributed by atoms with Crippen molar-refractivity contribution in [1.29, 1.82) is 0 Å². The highest BCUT2D eigenvalue weighted by molar-refractivity contribution is 5.96. The second kappa shape index (κ2) is 10.8. The lowest BCUT2D eigenvalue weighted by Gasteiger charge is -2.26. The van der Waals surface area contributed by atoms with Gasteiger partial charge in [-0.2, -0.15) is 0 Å². The van der Waals surface area contributed by atoms with Crippen LogP contribution in [0.25, 0.3) is 0 Å². The van der Waals surface area contributed by atoms with Crippen LogP contribution in [0.2, 0.25) is 0 Å². The van der Waals surface area contributed by atoms with Crippen LogP contribution < -0.4 is 10.1 Å². The van der Waals surface area contributed by atoms with Gasteiger partial charge in [-0.05, 0) is 28.8 Å². The van der Waals surface area contributed by atoms with Crippen LogP contribution in [0, 0.1) is 0 Å². The van der Waals surface area contributed by atoms with Crippen molar-refractivity contribution >= 4 is 5.91 Å². The maximum Gasteiger partial charge on any atom is 0.255 e. The van der Waals surface area contributed by atoms with E-state index in [4.69, 9.17) is 9.47 Å². The molecule has 3 aromatic carbocycles. The second-order valence-corrected chi connectivity index (χ2v) is 7.66. The van der Waals surface area contributed by atoms with E-state index < -0.39 is 0 Å². The molecule has 1 aliphatic heterocycles. The molecule has 0 atom stereocenters. The van der Waals surface area contributed by atoms with Crippen LogP contribution in [-0.4, -0.2) is 37.1 Å². The third-order valence-electron chi connectivity index (χ3n) is 5.32. The van der Waals surface area contributed by atoms with Crippen LogP contribution in [0.1, 0.15) is 27.0 Å². The van der Waals surface area contributed by atoms with E-state index in [1.165, 1.54) is 5.56 Å². The molecule has 0 aliphatic carbocycles. The molecule has 1 saturated heterocycles. The number of hydrogen-bond acceptors (Lipinski definition) is 4. The molecule has 0 saturated carbocycles. The van der Waals surface area contributed by atoms with Gasteiger partial charge < -0.3 is 14.8 Å². The first kappa shape index (κ1) is 21.1. The summed E-state index contributed by atoms with van der Waals surface area (Å²) in [7, 11) is 0. The van der Waals surface area contributed by atoms with Crippen LogP contribution in [0.4, 0.5) is 0 Å². The van der Waals surface area contributed by atoms with Crippen molar-refractivity contribution in [1.82, 2.24) is 10.2 Å². The Hall–Kier alpha value is -3.15. The maximum atomic E-state index is 12.8. The number of ether oxygens (including phenoxy) is 2. The minimum absolute atomic E-state index is 0.137. The number of nitrogens with one attached hydrogen (secondary N) is 1. The summed E-state index contributed by atoms with van der Waals surface area (Å²) in [5, 5.41) is 3.03. The number of nitrogens with zero attached hydrogens (tertiary/aromatic N) is 1. The molecule has 0 spiro atoms. The van der Waals surface area contributed by atoms with Crippen molar-refractivity contribution in [3.8, 4) is 5.75 Å². The zero-order chi connectivity index (χ0) is 21.3. The monoisotopic (exact) mass is 416 g/mol. The third-order valence-corrected chi connectivity index (χ3v) is 5.32. The van der Waals surface area contributed by atoms with Crippen LogP contribution in [0.5, 0.6) is 5.75 Å². The predicted octanol–water partition coefficient (Wildman–Crippen LogP) is 4.03. The van der Waals surface area contributed by atoms with Crippen molar-refractivity contribution in [2.45, 2.75) is 19.7 Å². The van der Waals surface area contributed by atoms with Crippen molar-refractivity contribution in [2.24, 2.45) is 0 Å². The van der Waals surface area contributed by atoms with Gasteiger partial charge >= 0.3 is 0 Å². The summed E-state index contributed by atoms with van der Waals surface area (Å²) in [6.45, 7) is 5.31. The molecule has 3 aromatic rings. The quantitative estimate of drug-likeness (QED) is 0.602. The number of hydrogen-bond donors (Lipinski definition) is 1. The fraction of sp³-hybridized carbons (Fsp3) is 0.269. The molecule has 31 heavy (non-hydrogen) atoms. The van der Waals surface area contributed by atoms with Crippen LogP contribution >= 0.6 is 0 Å². The number of rotatable bonds is 8. The van der Waals surface area contributed by atoms with Crippen LogP contribution in [0.3, 0.4) is 0 Å². The molecule has 0 bridgehead atoms. The first-order chi connectivity index (χ1) is 15.3. The lowest BCUT2D eigenvalue weighted by molar-refractivity contribution is 0.0342. The minimum Gasteiger partial charge on any atom is -0.488 e. The molecule has 1 heterocycles. The highest BCUT2D eigenvalue weighted by Crippen LogP contribution is 2.20. The van der Waals surface area contributed by atoms with Gasteiger partial charge in [0, 0.05) is 26.2 Å². The summed E-state index contributed by atoms with van der Waals surface area (Å²) < 4.78 is 11.3. The Labute approximate surface area is 183 Å². The van der Waals surface area contributed by atoms with E-state index >= 15 is 0 Å². The largest absolute Gasteiger partial charge is 0.488 e. The molecule has 5 nitrogen and oxygen atoms in total. The first-order valence-corrected chi connectivity index (χ1v) is 10.7. The molecule has 4 rings (SSSR count). The molecule has 1 fully saturated rings. The molecule has 0 unspecified atom stereocenters. The summed E-state index contributed by atoms with van der Waals surface area (Å²) in [5.41, 5.74) is 3.94. The molecule has 5 heteroatoms. The Morgan fingerprint density at radius 2 is 1.58 bits per heavy atom. The van der Waals surface area contributed by atoms with E-state index in [1.807, 2.05) is 60.7 Å². The second-order valence-electron chi connectivity index (χ2n) is 7.66. The smallest absolute Gasteiger partial charge is 0.255 e. The van der Waals surface area contributed by atoms with Gasteiger partial charge in [0.15, 0.2) is 0 Å². The fourth-order valence-corrected chi connectivity index (χ4v) is 3.65. The lowest BCUT2D eigenvalue weighted by Crippen LogP contribution is -2.35. The average Bonchev–Trinajstić information content (AvgIpc) is 2.83. The van der Waals surface area contributed by atoms with Gasteiger partial charge in [-0.3, -0.25) is 9.69 Å². The normalized spacial score (nSPS) is 14.2. The van der Waals surface area contributed by atoms with Crippen molar-refractivity contribution in [2.75, 3.05) is 26.3 Å². The maximum absolute atomic E-state index is 12.8. The van der Waals surface area contributed by atoms with E-state index in [0.717, 1.165) is 44.0 Å². The number of carbonyl (C=O) groups excluding carboxylic acids is 1. The molecule has 1 amide bonds. The molecule has 1 aliphatic rings. The topological polar surface area (TPSA) is 50.8 Å². The number of amides is 1. The Morgan fingerprint density at radius 3 is 2.42 bits per heavy atom. The summed E-state index contributed by atoms with van der Waals surface area (Å²) in [6.07, 6.45) is 0. The van der Waals surface area contributed by atoms with Crippen molar-refractivity contribution in [3.05, 3.63) is 101 Å². The fourth-order valence-electron chi connectivity index (χ4n) is 3.65. The van der Waals surface area contributed by atoms with Gasteiger partial charge in [-0.15, -0.1) is 0 Å². The molecule has 0 radical (unpaired) electrons. The van der Waals surface area contributed by atoms with E-state index in [2.05, 4.69) is 22.3 Å². The van der Waals surface area contributed by atoms with E-state index in [0.29, 0.717) is 24.5 Å². The van der Waals surface area contributed by atoms with E-state index in [-0.39, 0.29) is 5.91 Å². The molecule has 0 aromatic heterocycles. The van der Waals surface area contributed by atoms with Gasteiger partial charge in [0.2, 0.25) is 0 Å². The summed E-state index contributed by atoms with van der Waals surface area (Å²) in [5.74, 6) is 0.451. The summed E-state index contributed by atoms with van der Waals surface area (Å²) in [6, 6.07) is 25.7. The number of morpholine rings is 1. The van der Waals surface area contributed by atoms with Gasteiger partial charge in [0.25, 0.3) is 5.91 Å².